The average Bonchev–Trinajstić information content (AvgIpc) is 2.76. The van der Waals surface area contributed by atoms with Crippen molar-refractivity contribution in [3.05, 3.63) is 48.0 Å². The third-order valence-electron chi connectivity index (χ3n) is 4.86. The Labute approximate surface area is 174 Å². The molecule has 0 fully saturated rings. The maximum atomic E-state index is 12.4. The molecule has 2 aromatic rings. The van der Waals surface area contributed by atoms with Crippen molar-refractivity contribution in [2.75, 3.05) is 26.9 Å². The van der Waals surface area contributed by atoms with Gasteiger partial charge in [-0.15, -0.1) is 0 Å². The summed E-state index contributed by atoms with van der Waals surface area (Å²) in [6.07, 6.45) is -1.46. The van der Waals surface area contributed by atoms with Crippen molar-refractivity contribution in [3.63, 3.8) is 0 Å². The van der Waals surface area contributed by atoms with Crippen LogP contribution in [0.3, 0.4) is 0 Å². The van der Waals surface area contributed by atoms with Gasteiger partial charge in [-0.25, -0.2) is 4.79 Å². The van der Waals surface area contributed by atoms with Gasteiger partial charge in [-0.1, -0.05) is 18.2 Å². The molecule has 2 atom stereocenters. The summed E-state index contributed by atoms with van der Waals surface area (Å²) >= 11 is 0. The molecule has 2 aromatic carbocycles. The first-order valence-electron chi connectivity index (χ1n) is 9.73. The topological polar surface area (TPSA) is 83.5 Å². The van der Waals surface area contributed by atoms with Gasteiger partial charge in [0.15, 0.2) is 29.6 Å². The SMILES string of the molecule is C[C@@H]1Oc2ccccc2O[C@H]1C(=O)OCC(=O)N(C)Cc1ccc2c(c1)OCCO2. The molecule has 0 saturated carbocycles. The summed E-state index contributed by atoms with van der Waals surface area (Å²) in [5, 5.41) is 0. The van der Waals surface area contributed by atoms with Gasteiger partial charge in [-0.2, -0.15) is 0 Å². The molecular formula is C22H23NO7. The van der Waals surface area contributed by atoms with Gasteiger partial charge >= 0.3 is 5.97 Å². The van der Waals surface area contributed by atoms with Crippen molar-refractivity contribution >= 4 is 11.9 Å². The molecule has 8 nitrogen and oxygen atoms in total. The summed E-state index contributed by atoms with van der Waals surface area (Å²) in [4.78, 5) is 26.3. The minimum absolute atomic E-state index is 0.331. The molecule has 0 unspecified atom stereocenters. The van der Waals surface area contributed by atoms with Gasteiger partial charge in [0.2, 0.25) is 6.10 Å². The van der Waals surface area contributed by atoms with Crippen molar-refractivity contribution in [2.45, 2.75) is 25.7 Å². The lowest BCUT2D eigenvalue weighted by atomic mass is 10.2. The van der Waals surface area contributed by atoms with E-state index in [-0.39, 0.29) is 12.5 Å². The zero-order valence-electron chi connectivity index (χ0n) is 16.8. The Morgan fingerprint density at radius 3 is 2.47 bits per heavy atom. The highest BCUT2D eigenvalue weighted by Gasteiger charge is 2.35. The molecule has 2 aliphatic rings. The van der Waals surface area contributed by atoms with Crippen LogP contribution in [-0.4, -0.2) is 55.9 Å². The molecule has 30 heavy (non-hydrogen) atoms. The highest BCUT2D eigenvalue weighted by molar-refractivity contribution is 5.82. The largest absolute Gasteiger partial charge is 0.486 e. The Kier molecular flexibility index (Phi) is 5.65. The molecule has 4 rings (SSSR count). The lowest BCUT2D eigenvalue weighted by Crippen LogP contribution is -2.45. The van der Waals surface area contributed by atoms with Crippen LogP contribution in [0.15, 0.2) is 42.5 Å². The minimum atomic E-state index is -0.934. The number of para-hydroxylation sites is 2. The van der Waals surface area contributed by atoms with Gasteiger partial charge in [0, 0.05) is 13.6 Å². The van der Waals surface area contributed by atoms with E-state index in [0.29, 0.717) is 42.8 Å². The maximum absolute atomic E-state index is 12.4. The van der Waals surface area contributed by atoms with E-state index in [4.69, 9.17) is 23.7 Å². The molecule has 2 aliphatic heterocycles. The predicted molar refractivity (Wildman–Crippen MR) is 106 cm³/mol. The van der Waals surface area contributed by atoms with E-state index in [1.165, 1.54) is 4.90 Å². The molecule has 0 aliphatic carbocycles. The zero-order valence-corrected chi connectivity index (χ0v) is 16.8. The summed E-state index contributed by atoms with van der Waals surface area (Å²) in [6.45, 7) is 2.71. The predicted octanol–water partition coefficient (Wildman–Crippen LogP) is 2.19. The number of hydrogen-bond donors (Lipinski definition) is 0. The number of carbonyl (C=O) groups is 2. The third-order valence-corrected chi connectivity index (χ3v) is 4.86. The first-order valence-corrected chi connectivity index (χ1v) is 9.73. The number of esters is 1. The number of fused-ring (bicyclic) bond motifs is 2. The van der Waals surface area contributed by atoms with Crippen molar-refractivity contribution in [2.24, 2.45) is 0 Å². The Balaban J connectivity index is 1.30. The molecule has 8 heteroatoms. The number of likely N-dealkylation sites (N-methyl/N-ethyl adjacent to an activating group) is 1. The highest BCUT2D eigenvalue weighted by Crippen LogP contribution is 2.34. The second-order valence-electron chi connectivity index (χ2n) is 7.14. The molecule has 0 bridgehead atoms. The summed E-state index contributed by atoms with van der Waals surface area (Å²) in [7, 11) is 1.64. The molecule has 2 heterocycles. The summed E-state index contributed by atoms with van der Waals surface area (Å²) in [6, 6.07) is 12.6. The van der Waals surface area contributed by atoms with Crippen LogP contribution in [0.4, 0.5) is 0 Å². The maximum Gasteiger partial charge on any atom is 0.351 e. The minimum Gasteiger partial charge on any atom is -0.486 e. The summed E-state index contributed by atoms with van der Waals surface area (Å²) < 4.78 is 27.7. The van der Waals surface area contributed by atoms with Crippen LogP contribution < -0.4 is 18.9 Å². The van der Waals surface area contributed by atoms with E-state index in [0.717, 1.165) is 5.56 Å². The van der Waals surface area contributed by atoms with Gasteiger partial charge in [0.05, 0.1) is 0 Å². The molecule has 1 amide bonds. The zero-order chi connectivity index (χ0) is 21.1. The molecule has 0 aromatic heterocycles. The normalized spacial score (nSPS) is 19.0. The van der Waals surface area contributed by atoms with Crippen LogP contribution in [-0.2, 0) is 20.9 Å². The van der Waals surface area contributed by atoms with Crippen molar-refractivity contribution in [1.29, 1.82) is 0 Å². The van der Waals surface area contributed by atoms with Crippen molar-refractivity contribution < 1.29 is 33.3 Å². The Morgan fingerprint density at radius 2 is 1.70 bits per heavy atom. The lowest BCUT2D eigenvalue weighted by Gasteiger charge is -2.30. The van der Waals surface area contributed by atoms with E-state index in [1.54, 1.807) is 32.2 Å². The number of amides is 1. The fourth-order valence-electron chi connectivity index (χ4n) is 3.25. The Bertz CT molecular complexity index is 945. The third kappa shape index (κ3) is 4.27. The van der Waals surface area contributed by atoms with Gasteiger partial charge in [-0.3, -0.25) is 4.79 Å². The number of rotatable bonds is 5. The monoisotopic (exact) mass is 413 g/mol. The van der Waals surface area contributed by atoms with E-state index < -0.39 is 18.2 Å². The Hall–Kier alpha value is -3.42. The average molecular weight is 413 g/mol. The quantitative estimate of drug-likeness (QED) is 0.695. The number of hydrogen-bond acceptors (Lipinski definition) is 7. The molecule has 0 spiro atoms. The van der Waals surface area contributed by atoms with Crippen LogP contribution in [0.2, 0.25) is 0 Å². The molecule has 158 valence electrons. The van der Waals surface area contributed by atoms with Crippen LogP contribution in [0, 0.1) is 0 Å². The van der Waals surface area contributed by atoms with E-state index >= 15 is 0 Å². The molecule has 0 saturated heterocycles. The van der Waals surface area contributed by atoms with Crippen LogP contribution in [0.5, 0.6) is 23.0 Å². The fraction of sp³-hybridized carbons (Fsp3) is 0.364. The molecule has 0 radical (unpaired) electrons. The standard InChI is InChI=1S/C22H23NO7/c1-14-21(30-18-6-4-3-5-17(18)29-14)22(25)28-13-20(24)23(2)12-15-7-8-16-19(11-15)27-10-9-26-16/h3-8,11,14,21H,9-10,12-13H2,1-2H3/t14-,21+/m0/s1. The van der Waals surface area contributed by atoms with Crippen LogP contribution >= 0.6 is 0 Å². The second-order valence-corrected chi connectivity index (χ2v) is 7.14. The van der Waals surface area contributed by atoms with Gasteiger partial charge in [-0.05, 0) is 36.8 Å². The lowest BCUT2D eigenvalue weighted by molar-refractivity contribution is -0.162. The van der Waals surface area contributed by atoms with E-state index in [1.807, 2.05) is 24.3 Å². The first-order chi connectivity index (χ1) is 14.5. The highest BCUT2D eigenvalue weighted by atomic mass is 16.6. The summed E-state index contributed by atoms with van der Waals surface area (Å²) in [5.41, 5.74) is 0.885. The van der Waals surface area contributed by atoms with E-state index in [2.05, 4.69) is 0 Å². The van der Waals surface area contributed by atoms with Crippen molar-refractivity contribution in [3.8, 4) is 23.0 Å². The number of ether oxygens (including phenoxy) is 5. The first kappa shape index (κ1) is 19.9. The van der Waals surface area contributed by atoms with Crippen LogP contribution in [0.25, 0.3) is 0 Å². The molecular weight excluding hydrogens is 390 g/mol. The number of benzene rings is 2. The van der Waals surface area contributed by atoms with Crippen LogP contribution in [0.1, 0.15) is 12.5 Å². The summed E-state index contributed by atoms with van der Waals surface area (Å²) in [5.74, 6) is 1.43. The van der Waals surface area contributed by atoms with Gasteiger partial charge in [0.25, 0.3) is 5.91 Å². The van der Waals surface area contributed by atoms with Gasteiger partial charge < -0.3 is 28.6 Å². The number of nitrogens with zero attached hydrogens (tertiary/aromatic N) is 1. The van der Waals surface area contributed by atoms with Crippen molar-refractivity contribution in [1.82, 2.24) is 4.90 Å². The van der Waals surface area contributed by atoms with Gasteiger partial charge in [0.1, 0.15) is 19.3 Å². The number of carbonyl (C=O) groups excluding carboxylic acids is 2. The van der Waals surface area contributed by atoms with E-state index in [9.17, 15) is 9.59 Å². The second kappa shape index (κ2) is 8.52. The smallest absolute Gasteiger partial charge is 0.351 e. The Morgan fingerprint density at radius 1 is 1.00 bits per heavy atom. The molecule has 0 N–H and O–H groups in total. The fourth-order valence-corrected chi connectivity index (χ4v) is 3.25.